The van der Waals surface area contributed by atoms with E-state index >= 15 is 0 Å². The SMILES string of the molecule is CCCCC1NC2C(C1C)C(C1CCCCC1)C(C(=O)C(C)C)N2C(C)C. The Morgan fingerprint density at radius 2 is 1.74 bits per heavy atom. The number of nitrogens with one attached hydrogen (secondary N) is 1. The van der Waals surface area contributed by atoms with Gasteiger partial charge in [0.2, 0.25) is 0 Å². The lowest BCUT2D eigenvalue weighted by atomic mass is 9.67. The molecule has 0 aromatic heterocycles. The molecule has 0 radical (unpaired) electrons. The standard InChI is InChI=1S/C24H44N2O/c1-7-8-14-19-17(6)20-21(18-12-10-9-11-13-18)22(23(27)15(2)3)26(16(4)5)24(20)25-19/h15-22,24-25H,7-14H2,1-6H3. The fourth-order valence-corrected chi connectivity index (χ4v) is 6.65. The minimum atomic E-state index is 0.130. The van der Waals surface area contributed by atoms with Crippen LogP contribution in [0.1, 0.15) is 92.9 Å². The second kappa shape index (κ2) is 8.95. The molecule has 6 atom stereocenters. The van der Waals surface area contributed by atoms with Gasteiger partial charge in [0.05, 0.1) is 12.2 Å². The minimum Gasteiger partial charge on any atom is -0.298 e. The Labute approximate surface area is 168 Å². The van der Waals surface area contributed by atoms with Crippen molar-refractivity contribution in [3.05, 3.63) is 0 Å². The zero-order chi connectivity index (χ0) is 19.7. The van der Waals surface area contributed by atoms with Crippen molar-refractivity contribution >= 4 is 5.78 Å². The van der Waals surface area contributed by atoms with Crippen molar-refractivity contribution in [2.45, 2.75) is 117 Å². The topological polar surface area (TPSA) is 32.3 Å². The molecule has 1 aliphatic carbocycles. The molecule has 0 amide bonds. The highest BCUT2D eigenvalue weighted by atomic mass is 16.1. The highest BCUT2D eigenvalue weighted by molar-refractivity contribution is 5.86. The summed E-state index contributed by atoms with van der Waals surface area (Å²) >= 11 is 0. The highest BCUT2D eigenvalue weighted by Crippen LogP contribution is 2.52. The van der Waals surface area contributed by atoms with Crippen LogP contribution in [-0.2, 0) is 4.79 Å². The van der Waals surface area contributed by atoms with Crippen LogP contribution in [0, 0.1) is 29.6 Å². The van der Waals surface area contributed by atoms with Crippen molar-refractivity contribution in [2.24, 2.45) is 29.6 Å². The summed E-state index contributed by atoms with van der Waals surface area (Å²) in [5, 5.41) is 4.04. The lowest BCUT2D eigenvalue weighted by Gasteiger charge is -2.39. The Bertz CT molecular complexity index is 497. The van der Waals surface area contributed by atoms with Gasteiger partial charge in [0.1, 0.15) is 0 Å². The zero-order valence-corrected chi connectivity index (χ0v) is 18.7. The molecule has 0 spiro atoms. The first-order valence-corrected chi connectivity index (χ1v) is 12.0. The number of carbonyl (C=O) groups is 1. The summed E-state index contributed by atoms with van der Waals surface area (Å²) in [7, 11) is 0. The molecule has 0 bridgehead atoms. The number of unbranched alkanes of at least 4 members (excludes halogenated alkanes) is 1. The van der Waals surface area contributed by atoms with Gasteiger partial charge in [-0.1, -0.05) is 72.6 Å². The van der Waals surface area contributed by atoms with E-state index in [-0.39, 0.29) is 12.0 Å². The van der Waals surface area contributed by atoms with Crippen LogP contribution in [0.5, 0.6) is 0 Å². The Morgan fingerprint density at radius 3 is 2.30 bits per heavy atom. The number of fused-ring (bicyclic) bond motifs is 1. The first-order chi connectivity index (χ1) is 12.9. The molecule has 1 N–H and O–H groups in total. The smallest absolute Gasteiger partial charge is 0.152 e. The summed E-state index contributed by atoms with van der Waals surface area (Å²) in [6.07, 6.45) is 11.1. The van der Waals surface area contributed by atoms with Crippen LogP contribution in [0.3, 0.4) is 0 Å². The molecular weight excluding hydrogens is 332 g/mol. The van der Waals surface area contributed by atoms with Gasteiger partial charge < -0.3 is 0 Å². The molecule has 2 aliphatic heterocycles. The fraction of sp³-hybridized carbons (Fsp3) is 0.958. The van der Waals surface area contributed by atoms with Crippen molar-refractivity contribution in [3.8, 4) is 0 Å². The molecule has 2 saturated heterocycles. The summed E-state index contributed by atoms with van der Waals surface area (Å²) in [5.41, 5.74) is 0. The van der Waals surface area contributed by atoms with Crippen molar-refractivity contribution in [1.82, 2.24) is 10.2 Å². The summed E-state index contributed by atoms with van der Waals surface area (Å²) < 4.78 is 0. The normalized spacial score (nSPS) is 38.1. The molecule has 3 rings (SSSR count). The van der Waals surface area contributed by atoms with Crippen LogP contribution in [0.2, 0.25) is 0 Å². The van der Waals surface area contributed by atoms with E-state index in [0.29, 0.717) is 41.8 Å². The van der Waals surface area contributed by atoms with Crippen molar-refractivity contribution in [2.75, 3.05) is 0 Å². The maximum atomic E-state index is 13.4. The molecule has 3 heteroatoms. The number of likely N-dealkylation sites (tertiary alicyclic amines) is 1. The maximum Gasteiger partial charge on any atom is 0.152 e. The quantitative estimate of drug-likeness (QED) is 0.659. The number of Topliss-reactive ketones (excluding diaryl/α,β-unsaturated/α-hetero) is 1. The van der Waals surface area contributed by atoms with Crippen LogP contribution in [0.15, 0.2) is 0 Å². The van der Waals surface area contributed by atoms with Crippen LogP contribution in [0.25, 0.3) is 0 Å². The highest BCUT2D eigenvalue weighted by Gasteiger charge is 2.60. The van der Waals surface area contributed by atoms with Crippen molar-refractivity contribution in [3.63, 3.8) is 0 Å². The second-order valence-corrected chi connectivity index (χ2v) is 10.3. The summed E-state index contributed by atoms with van der Waals surface area (Å²) in [6.45, 7) is 13.6. The molecular formula is C24H44N2O. The first kappa shape index (κ1) is 21.3. The van der Waals surface area contributed by atoms with E-state index in [2.05, 4.69) is 51.8 Å². The lowest BCUT2D eigenvalue weighted by Crippen LogP contribution is -2.53. The van der Waals surface area contributed by atoms with Gasteiger partial charge in [-0.15, -0.1) is 0 Å². The molecule has 6 unspecified atom stereocenters. The van der Waals surface area contributed by atoms with E-state index < -0.39 is 0 Å². The van der Waals surface area contributed by atoms with Gasteiger partial charge in [0, 0.05) is 18.0 Å². The van der Waals surface area contributed by atoms with Crippen LogP contribution in [-0.4, -0.2) is 35.0 Å². The first-order valence-electron chi connectivity index (χ1n) is 12.0. The average molecular weight is 377 g/mol. The Kier molecular flexibility index (Phi) is 7.06. The van der Waals surface area contributed by atoms with E-state index in [1.807, 2.05) is 0 Å². The summed E-state index contributed by atoms with van der Waals surface area (Å²) in [6, 6.07) is 1.18. The van der Waals surface area contributed by atoms with E-state index in [4.69, 9.17) is 0 Å². The Balaban J connectivity index is 1.94. The van der Waals surface area contributed by atoms with E-state index in [9.17, 15) is 4.79 Å². The largest absolute Gasteiger partial charge is 0.298 e. The molecule has 0 aromatic rings. The van der Waals surface area contributed by atoms with Gasteiger partial charge in [-0.2, -0.15) is 0 Å². The number of ketones is 1. The van der Waals surface area contributed by atoms with Crippen molar-refractivity contribution in [1.29, 1.82) is 0 Å². The van der Waals surface area contributed by atoms with E-state index in [0.717, 1.165) is 5.92 Å². The molecule has 3 nitrogen and oxygen atoms in total. The summed E-state index contributed by atoms with van der Waals surface area (Å²) in [4.78, 5) is 16.0. The van der Waals surface area contributed by atoms with Gasteiger partial charge in [-0.05, 0) is 43.9 Å². The molecule has 3 aliphatic rings. The number of hydrogen-bond acceptors (Lipinski definition) is 3. The average Bonchev–Trinajstić information content (AvgIpc) is 3.14. The monoisotopic (exact) mass is 376 g/mol. The Morgan fingerprint density at radius 1 is 1.07 bits per heavy atom. The van der Waals surface area contributed by atoms with Crippen LogP contribution in [0.4, 0.5) is 0 Å². The Hall–Kier alpha value is -0.410. The molecule has 156 valence electrons. The van der Waals surface area contributed by atoms with Gasteiger partial charge in [-0.3, -0.25) is 15.0 Å². The summed E-state index contributed by atoms with van der Waals surface area (Å²) in [5.74, 6) is 3.25. The fourth-order valence-electron chi connectivity index (χ4n) is 6.65. The number of rotatable bonds is 7. The van der Waals surface area contributed by atoms with Gasteiger partial charge >= 0.3 is 0 Å². The maximum absolute atomic E-state index is 13.4. The van der Waals surface area contributed by atoms with E-state index in [1.165, 1.54) is 51.4 Å². The zero-order valence-electron chi connectivity index (χ0n) is 18.7. The predicted molar refractivity (Wildman–Crippen MR) is 114 cm³/mol. The van der Waals surface area contributed by atoms with Crippen molar-refractivity contribution < 1.29 is 4.79 Å². The molecule has 1 saturated carbocycles. The van der Waals surface area contributed by atoms with Gasteiger partial charge in [0.15, 0.2) is 5.78 Å². The second-order valence-electron chi connectivity index (χ2n) is 10.3. The van der Waals surface area contributed by atoms with Gasteiger partial charge in [0.25, 0.3) is 0 Å². The molecule has 3 fully saturated rings. The molecule has 27 heavy (non-hydrogen) atoms. The van der Waals surface area contributed by atoms with Gasteiger partial charge in [-0.25, -0.2) is 0 Å². The number of nitrogens with zero attached hydrogens (tertiary/aromatic N) is 1. The minimum absolute atomic E-state index is 0.130. The third-order valence-electron chi connectivity index (χ3n) is 7.96. The lowest BCUT2D eigenvalue weighted by molar-refractivity contribution is -0.130. The van der Waals surface area contributed by atoms with Crippen LogP contribution < -0.4 is 5.32 Å². The molecule has 2 heterocycles. The number of hydrogen-bond donors (Lipinski definition) is 1. The number of carbonyl (C=O) groups excluding carboxylic acids is 1. The van der Waals surface area contributed by atoms with Crippen LogP contribution >= 0.6 is 0 Å². The third-order valence-corrected chi connectivity index (χ3v) is 7.96. The molecule has 0 aromatic carbocycles. The third kappa shape index (κ3) is 4.01. The predicted octanol–water partition coefficient (Wildman–Crippen LogP) is 5.24. The van der Waals surface area contributed by atoms with E-state index in [1.54, 1.807) is 0 Å².